The molecule has 1 aliphatic heterocycles. The topological polar surface area (TPSA) is 29.3 Å². The number of likely N-dealkylation sites (tertiary alicyclic amines) is 1. The molecule has 0 bridgehead atoms. The smallest absolute Gasteiger partial charge is 0.272 e. The van der Waals surface area contributed by atoms with Gasteiger partial charge < -0.3 is 5.73 Å². The van der Waals surface area contributed by atoms with Gasteiger partial charge in [0.1, 0.15) is 0 Å². The van der Waals surface area contributed by atoms with Crippen LogP contribution in [0.5, 0.6) is 0 Å². The van der Waals surface area contributed by atoms with Gasteiger partial charge in [-0.05, 0) is 26.3 Å². The molecule has 0 aromatic carbocycles. The Hall–Kier alpha value is -0.220. The van der Waals surface area contributed by atoms with Crippen LogP contribution in [0.4, 0.5) is 8.78 Å². The second-order valence-electron chi connectivity index (χ2n) is 3.88. The fourth-order valence-corrected chi connectivity index (χ4v) is 1.75. The predicted molar refractivity (Wildman–Crippen MR) is 48.9 cm³/mol. The van der Waals surface area contributed by atoms with Gasteiger partial charge in [0.05, 0.1) is 13.1 Å². The van der Waals surface area contributed by atoms with E-state index >= 15 is 0 Å². The zero-order valence-corrected chi connectivity index (χ0v) is 8.10. The van der Waals surface area contributed by atoms with Gasteiger partial charge in [0.25, 0.3) is 5.92 Å². The normalized spacial score (nSPS) is 26.3. The van der Waals surface area contributed by atoms with Gasteiger partial charge in [-0.1, -0.05) is 6.42 Å². The number of nitrogens with zero attached hydrogens (tertiary/aromatic N) is 1. The molecule has 0 aliphatic carbocycles. The van der Waals surface area contributed by atoms with E-state index in [1.54, 1.807) is 0 Å². The fraction of sp³-hybridized carbons (Fsp3) is 1.00. The maximum Gasteiger partial charge on any atom is 0.272 e. The van der Waals surface area contributed by atoms with E-state index < -0.39 is 12.5 Å². The van der Waals surface area contributed by atoms with Crippen LogP contribution in [0, 0.1) is 0 Å². The maximum atomic E-state index is 12.9. The van der Waals surface area contributed by atoms with Gasteiger partial charge in [-0.3, -0.25) is 4.90 Å². The highest BCUT2D eigenvalue weighted by molar-refractivity contribution is 4.79. The average molecular weight is 192 g/mol. The van der Waals surface area contributed by atoms with Gasteiger partial charge in [-0.25, -0.2) is 8.78 Å². The van der Waals surface area contributed by atoms with Crippen molar-refractivity contribution in [1.29, 1.82) is 0 Å². The van der Waals surface area contributed by atoms with E-state index in [0.29, 0.717) is 0 Å². The first kappa shape index (κ1) is 10.9. The van der Waals surface area contributed by atoms with E-state index in [1.807, 2.05) is 11.8 Å². The molecule has 1 unspecified atom stereocenters. The van der Waals surface area contributed by atoms with Crippen molar-refractivity contribution in [2.45, 2.75) is 38.2 Å². The standard InChI is InChI=1S/C9H18F2N2/c1-8-4-2-3-5-13(8)7-9(10,11)6-12/h8H,2-7,12H2,1H3. The Morgan fingerprint density at radius 3 is 2.69 bits per heavy atom. The minimum Gasteiger partial charge on any atom is -0.325 e. The lowest BCUT2D eigenvalue weighted by molar-refractivity contribution is -0.0386. The van der Waals surface area contributed by atoms with E-state index in [4.69, 9.17) is 5.73 Å². The fourth-order valence-electron chi connectivity index (χ4n) is 1.75. The Morgan fingerprint density at radius 1 is 1.46 bits per heavy atom. The summed E-state index contributed by atoms with van der Waals surface area (Å²) in [5.74, 6) is -2.72. The molecular weight excluding hydrogens is 174 g/mol. The van der Waals surface area contributed by atoms with E-state index in [2.05, 4.69) is 0 Å². The lowest BCUT2D eigenvalue weighted by atomic mass is 10.0. The van der Waals surface area contributed by atoms with E-state index in [0.717, 1.165) is 25.8 Å². The van der Waals surface area contributed by atoms with Crippen LogP contribution in [0.1, 0.15) is 26.2 Å². The average Bonchev–Trinajstić information content (AvgIpc) is 2.09. The molecule has 2 N–H and O–H groups in total. The third kappa shape index (κ3) is 3.19. The largest absolute Gasteiger partial charge is 0.325 e. The van der Waals surface area contributed by atoms with Gasteiger partial charge in [0.15, 0.2) is 0 Å². The minimum absolute atomic E-state index is 0.176. The molecule has 0 spiro atoms. The highest BCUT2D eigenvalue weighted by Crippen LogP contribution is 2.21. The third-order valence-corrected chi connectivity index (χ3v) is 2.67. The zero-order valence-electron chi connectivity index (χ0n) is 8.10. The summed E-state index contributed by atoms with van der Waals surface area (Å²) in [6, 6.07) is 0.283. The summed E-state index contributed by atoms with van der Waals surface area (Å²) in [6.45, 7) is 2.07. The molecule has 1 saturated heterocycles. The van der Waals surface area contributed by atoms with Crippen molar-refractivity contribution in [3.63, 3.8) is 0 Å². The molecule has 78 valence electrons. The lowest BCUT2D eigenvalue weighted by Crippen LogP contribution is -2.47. The second kappa shape index (κ2) is 4.33. The summed E-state index contributed by atoms with van der Waals surface area (Å²) >= 11 is 0. The van der Waals surface area contributed by atoms with Crippen molar-refractivity contribution in [2.24, 2.45) is 5.73 Å². The van der Waals surface area contributed by atoms with Crippen molar-refractivity contribution in [3.8, 4) is 0 Å². The van der Waals surface area contributed by atoms with Crippen molar-refractivity contribution in [2.75, 3.05) is 19.6 Å². The molecular formula is C9H18F2N2. The van der Waals surface area contributed by atoms with Crippen LogP contribution < -0.4 is 5.73 Å². The van der Waals surface area contributed by atoms with E-state index in [1.165, 1.54) is 0 Å². The Morgan fingerprint density at radius 2 is 2.15 bits per heavy atom. The van der Waals surface area contributed by atoms with Gasteiger partial charge in [0, 0.05) is 6.04 Å². The summed E-state index contributed by atoms with van der Waals surface area (Å²) in [6.07, 6.45) is 3.22. The molecule has 13 heavy (non-hydrogen) atoms. The lowest BCUT2D eigenvalue weighted by Gasteiger charge is -2.35. The Bertz CT molecular complexity index is 162. The van der Waals surface area contributed by atoms with Crippen LogP contribution in [0.3, 0.4) is 0 Å². The summed E-state index contributed by atoms with van der Waals surface area (Å²) < 4.78 is 25.9. The van der Waals surface area contributed by atoms with Crippen molar-refractivity contribution in [1.82, 2.24) is 4.90 Å². The van der Waals surface area contributed by atoms with Crippen LogP contribution in [-0.4, -0.2) is 36.5 Å². The number of piperidine rings is 1. The molecule has 0 aromatic heterocycles. The molecule has 0 amide bonds. The van der Waals surface area contributed by atoms with Crippen molar-refractivity contribution in [3.05, 3.63) is 0 Å². The molecule has 1 aliphatic rings. The Labute approximate surface area is 78.1 Å². The number of alkyl halides is 2. The Balaban J connectivity index is 2.42. The molecule has 0 saturated carbocycles. The van der Waals surface area contributed by atoms with Crippen molar-refractivity contribution >= 4 is 0 Å². The summed E-state index contributed by atoms with van der Waals surface area (Å²) in [5, 5.41) is 0. The van der Waals surface area contributed by atoms with Crippen LogP contribution >= 0.6 is 0 Å². The number of halogens is 2. The molecule has 1 heterocycles. The van der Waals surface area contributed by atoms with Gasteiger partial charge in [0.2, 0.25) is 0 Å². The summed E-state index contributed by atoms with van der Waals surface area (Å²) in [5.41, 5.74) is 4.99. The quantitative estimate of drug-likeness (QED) is 0.733. The van der Waals surface area contributed by atoms with Gasteiger partial charge in [-0.15, -0.1) is 0 Å². The summed E-state index contributed by atoms with van der Waals surface area (Å²) in [4.78, 5) is 1.84. The molecule has 1 rings (SSSR count). The van der Waals surface area contributed by atoms with E-state index in [9.17, 15) is 8.78 Å². The van der Waals surface area contributed by atoms with Crippen LogP contribution in [0.25, 0.3) is 0 Å². The molecule has 1 fully saturated rings. The van der Waals surface area contributed by atoms with Gasteiger partial charge in [-0.2, -0.15) is 0 Å². The second-order valence-corrected chi connectivity index (χ2v) is 3.88. The van der Waals surface area contributed by atoms with Crippen molar-refractivity contribution < 1.29 is 8.78 Å². The predicted octanol–water partition coefficient (Wildman–Crippen LogP) is 1.45. The highest BCUT2D eigenvalue weighted by Gasteiger charge is 2.32. The number of rotatable bonds is 3. The molecule has 1 atom stereocenters. The number of hydrogen-bond donors (Lipinski definition) is 1. The monoisotopic (exact) mass is 192 g/mol. The maximum absolute atomic E-state index is 12.9. The van der Waals surface area contributed by atoms with E-state index in [-0.39, 0.29) is 12.6 Å². The first-order chi connectivity index (χ1) is 6.05. The van der Waals surface area contributed by atoms with Gasteiger partial charge >= 0.3 is 0 Å². The Kier molecular flexibility index (Phi) is 3.62. The summed E-state index contributed by atoms with van der Waals surface area (Å²) in [7, 11) is 0. The minimum atomic E-state index is -2.72. The molecule has 0 radical (unpaired) electrons. The molecule has 2 nitrogen and oxygen atoms in total. The van der Waals surface area contributed by atoms with Crippen LogP contribution in [0.15, 0.2) is 0 Å². The number of nitrogens with two attached hydrogens (primary N) is 1. The SMILES string of the molecule is CC1CCCCN1CC(F)(F)CN. The highest BCUT2D eigenvalue weighted by atomic mass is 19.3. The first-order valence-corrected chi connectivity index (χ1v) is 4.87. The molecule has 4 heteroatoms. The van der Waals surface area contributed by atoms with Crippen LogP contribution in [0.2, 0.25) is 0 Å². The molecule has 0 aromatic rings. The first-order valence-electron chi connectivity index (χ1n) is 4.87. The number of hydrogen-bond acceptors (Lipinski definition) is 2. The zero-order chi connectivity index (χ0) is 9.90. The van der Waals surface area contributed by atoms with Crippen LogP contribution in [-0.2, 0) is 0 Å². The third-order valence-electron chi connectivity index (χ3n) is 2.67.